The Kier molecular flexibility index (Phi) is 10.0. The Balaban J connectivity index is 0.000000532. The van der Waals surface area contributed by atoms with Gasteiger partial charge in [0.15, 0.2) is 0 Å². The lowest BCUT2D eigenvalue weighted by Gasteiger charge is -2.34. The number of hydrogen-bond acceptors (Lipinski definition) is 7. The van der Waals surface area contributed by atoms with Crippen LogP contribution in [0, 0.1) is 6.92 Å². The highest BCUT2D eigenvalue weighted by Gasteiger charge is 2.39. The van der Waals surface area contributed by atoms with Crippen molar-refractivity contribution in [1.29, 1.82) is 0 Å². The molecule has 15 heteroatoms. The number of hydrogen-bond donors (Lipinski definition) is 3. The first-order chi connectivity index (χ1) is 18.1. The number of β-amino-alcohol motifs (C(OH)–C–C–N with tert-alkyl or cyclic N) is 1. The average Bonchev–Trinajstić information content (AvgIpc) is 3.21. The molecule has 2 aliphatic heterocycles. The van der Waals surface area contributed by atoms with Gasteiger partial charge >= 0.3 is 18.3 Å². The Morgan fingerprint density at radius 3 is 2.21 bits per heavy atom. The van der Waals surface area contributed by atoms with Crippen LogP contribution in [0.5, 0.6) is 0 Å². The number of benzene rings is 1. The summed E-state index contributed by atoms with van der Waals surface area (Å²) in [7, 11) is 0. The first kappa shape index (κ1) is 30.9. The van der Waals surface area contributed by atoms with Crippen molar-refractivity contribution in [2.45, 2.75) is 56.9 Å². The minimum atomic E-state index is -5.08. The first-order valence-electron chi connectivity index (χ1n) is 12.0. The minimum Gasteiger partial charge on any atom is -0.475 e. The van der Waals surface area contributed by atoms with Gasteiger partial charge in [-0.25, -0.2) is 14.8 Å². The van der Waals surface area contributed by atoms with Crippen LogP contribution < -0.4 is 10.2 Å². The number of aliphatic hydroxyl groups excluding tert-OH is 1. The maximum atomic E-state index is 13.1. The molecule has 0 unspecified atom stereocenters. The lowest BCUT2D eigenvalue weighted by molar-refractivity contribution is -0.192. The van der Waals surface area contributed by atoms with E-state index in [2.05, 4.69) is 20.2 Å². The lowest BCUT2D eigenvalue weighted by atomic mass is 10.0. The van der Waals surface area contributed by atoms with E-state index >= 15 is 0 Å². The molecule has 8 nitrogen and oxygen atoms in total. The summed E-state index contributed by atoms with van der Waals surface area (Å²) >= 11 is 5.95. The van der Waals surface area contributed by atoms with Gasteiger partial charge in [0.25, 0.3) is 0 Å². The van der Waals surface area contributed by atoms with E-state index in [-0.39, 0.29) is 30.3 Å². The standard InChI is InChI=1S/C22H27ClF3N5O.C2HF3O2/c1-14-10-20(22(24,25)26)29-21(27-14)31-12-18(19(32)13-31)28-17-6-8-30(9-7-17)11-15-2-4-16(23)5-3-15;3-2(4,5)1(6)7/h2-5,10,17-19,28,32H,6-9,11-13H2,1H3;(H,6,7)/t18-,19-;/m1./s1. The number of aliphatic hydroxyl groups is 1. The summed E-state index contributed by atoms with van der Waals surface area (Å²) < 4.78 is 71.0. The van der Waals surface area contributed by atoms with Crippen molar-refractivity contribution >= 4 is 23.5 Å². The molecule has 0 saturated carbocycles. The molecule has 0 amide bonds. The molecule has 3 heterocycles. The number of carboxylic acid groups (broad SMARTS) is 1. The quantitative estimate of drug-likeness (QED) is 0.456. The van der Waals surface area contributed by atoms with E-state index < -0.39 is 30.1 Å². The van der Waals surface area contributed by atoms with Gasteiger partial charge in [-0.3, -0.25) is 4.90 Å². The van der Waals surface area contributed by atoms with Crippen LogP contribution in [0.3, 0.4) is 0 Å². The molecule has 1 aromatic carbocycles. The lowest BCUT2D eigenvalue weighted by Crippen LogP contribution is -2.49. The highest BCUT2D eigenvalue weighted by Crippen LogP contribution is 2.30. The average molecular weight is 584 g/mol. The van der Waals surface area contributed by atoms with E-state index in [4.69, 9.17) is 21.5 Å². The Hall–Kier alpha value is -2.68. The molecule has 2 saturated heterocycles. The van der Waals surface area contributed by atoms with Crippen molar-refractivity contribution in [3.05, 3.63) is 52.3 Å². The number of likely N-dealkylation sites (tertiary alicyclic amines) is 1. The molecule has 1 aromatic heterocycles. The third-order valence-corrected chi connectivity index (χ3v) is 6.56. The highest BCUT2D eigenvalue weighted by molar-refractivity contribution is 6.30. The predicted octanol–water partition coefficient (Wildman–Crippen LogP) is 3.89. The molecule has 2 aliphatic rings. The fourth-order valence-corrected chi connectivity index (χ4v) is 4.49. The molecule has 3 N–H and O–H groups in total. The van der Waals surface area contributed by atoms with E-state index in [0.717, 1.165) is 43.6 Å². The van der Waals surface area contributed by atoms with Gasteiger partial charge in [-0.1, -0.05) is 23.7 Å². The second-order valence-electron chi connectivity index (χ2n) is 9.42. The Morgan fingerprint density at radius 2 is 1.67 bits per heavy atom. The second-order valence-corrected chi connectivity index (χ2v) is 9.85. The molecule has 2 aromatic rings. The summed E-state index contributed by atoms with van der Waals surface area (Å²) in [5.41, 5.74) is 0.513. The Labute approximate surface area is 225 Å². The number of nitrogens with one attached hydrogen (secondary N) is 1. The van der Waals surface area contributed by atoms with Crippen molar-refractivity contribution in [3.8, 4) is 0 Å². The summed E-state index contributed by atoms with van der Waals surface area (Å²) in [6, 6.07) is 8.81. The van der Waals surface area contributed by atoms with Gasteiger partial charge < -0.3 is 20.4 Å². The number of piperidine rings is 1. The van der Waals surface area contributed by atoms with Crippen LogP contribution in [-0.2, 0) is 17.5 Å². The van der Waals surface area contributed by atoms with E-state index in [1.54, 1.807) is 4.90 Å². The molecule has 216 valence electrons. The zero-order chi connectivity index (χ0) is 29.0. The fourth-order valence-electron chi connectivity index (χ4n) is 4.36. The van der Waals surface area contributed by atoms with Gasteiger partial charge in [-0.15, -0.1) is 0 Å². The summed E-state index contributed by atoms with van der Waals surface area (Å²) in [6.45, 7) is 4.82. The summed E-state index contributed by atoms with van der Waals surface area (Å²) in [6.07, 6.45) is -8.43. The van der Waals surface area contributed by atoms with Crippen LogP contribution in [0.25, 0.3) is 0 Å². The number of aryl methyl sites for hydroxylation is 1. The molecular weight excluding hydrogens is 556 g/mol. The number of anilines is 1. The van der Waals surface area contributed by atoms with E-state index in [1.807, 2.05) is 24.3 Å². The second kappa shape index (κ2) is 12.7. The number of rotatable bonds is 5. The molecule has 0 radical (unpaired) electrons. The van der Waals surface area contributed by atoms with E-state index in [1.165, 1.54) is 12.5 Å². The number of carbonyl (C=O) groups is 1. The molecule has 0 bridgehead atoms. The molecule has 0 aliphatic carbocycles. The number of carboxylic acids is 1. The number of alkyl halides is 6. The normalized spacial score (nSPS) is 21.0. The zero-order valence-corrected chi connectivity index (χ0v) is 21.6. The van der Waals surface area contributed by atoms with Crippen LogP contribution in [0.4, 0.5) is 32.3 Å². The third-order valence-electron chi connectivity index (χ3n) is 6.30. The van der Waals surface area contributed by atoms with Crippen LogP contribution in [0.2, 0.25) is 5.02 Å². The molecule has 2 atom stereocenters. The van der Waals surface area contributed by atoms with E-state index in [9.17, 15) is 31.4 Å². The zero-order valence-electron chi connectivity index (χ0n) is 20.8. The van der Waals surface area contributed by atoms with Crippen LogP contribution in [-0.4, -0.2) is 81.6 Å². The Morgan fingerprint density at radius 1 is 1.08 bits per heavy atom. The Bertz CT molecular complexity index is 1110. The van der Waals surface area contributed by atoms with Crippen molar-refractivity contribution in [2.24, 2.45) is 0 Å². The number of aliphatic carboxylic acids is 1. The van der Waals surface area contributed by atoms with Crippen molar-refractivity contribution in [1.82, 2.24) is 20.2 Å². The van der Waals surface area contributed by atoms with Crippen LogP contribution in [0.15, 0.2) is 30.3 Å². The molecule has 0 spiro atoms. The molecular formula is C24H28ClF6N5O3. The molecule has 39 heavy (non-hydrogen) atoms. The highest BCUT2D eigenvalue weighted by atomic mass is 35.5. The smallest absolute Gasteiger partial charge is 0.475 e. The fraction of sp³-hybridized carbons (Fsp3) is 0.542. The van der Waals surface area contributed by atoms with Crippen molar-refractivity contribution in [3.63, 3.8) is 0 Å². The van der Waals surface area contributed by atoms with Gasteiger partial charge in [-0.2, -0.15) is 26.3 Å². The number of aromatic nitrogens is 2. The summed E-state index contributed by atoms with van der Waals surface area (Å²) in [5.74, 6) is -2.74. The first-order valence-corrected chi connectivity index (χ1v) is 12.4. The largest absolute Gasteiger partial charge is 0.490 e. The van der Waals surface area contributed by atoms with Gasteiger partial charge in [0.1, 0.15) is 5.69 Å². The van der Waals surface area contributed by atoms with Gasteiger partial charge in [0.05, 0.1) is 12.1 Å². The third kappa shape index (κ3) is 9.19. The van der Waals surface area contributed by atoms with Crippen molar-refractivity contribution in [2.75, 3.05) is 31.1 Å². The van der Waals surface area contributed by atoms with Gasteiger partial charge in [-0.05, 0) is 56.6 Å². The number of nitrogens with zero attached hydrogens (tertiary/aromatic N) is 4. The van der Waals surface area contributed by atoms with Crippen LogP contribution >= 0.6 is 11.6 Å². The molecule has 4 rings (SSSR count). The predicted molar refractivity (Wildman–Crippen MR) is 130 cm³/mol. The topological polar surface area (TPSA) is 102 Å². The van der Waals surface area contributed by atoms with E-state index in [0.29, 0.717) is 6.54 Å². The summed E-state index contributed by atoms with van der Waals surface area (Å²) in [5, 5.41) is 21.9. The minimum absolute atomic E-state index is 0.0125. The van der Waals surface area contributed by atoms with Crippen molar-refractivity contribution < 1.29 is 41.4 Å². The van der Waals surface area contributed by atoms with Gasteiger partial charge in [0, 0.05) is 36.4 Å². The molecule has 2 fully saturated rings. The SMILES string of the molecule is Cc1cc(C(F)(F)F)nc(N2C[C@@H](O)[C@H](NC3CCN(Cc4ccc(Cl)cc4)CC3)C2)n1.O=C(O)C(F)(F)F. The number of halogens is 7. The summed E-state index contributed by atoms with van der Waals surface area (Å²) in [4.78, 5) is 20.8. The van der Waals surface area contributed by atoms with Gasteiger partial charge in [0.2, 0.25) is 5.95 Å². The van der Waals surface area contributed by atoms with Crippen LogP contribution in [0.1, 0.15) is 29.8 Å². The maximum Gasteiger partial charge on any atom is 0.490 e. The maximum absolute atomic E-state index is 13.1. The monoisotopic (exact) mass is 583 g/mol.